The summed E-state index contributed by atoms with van der Waals surface area (Å²) in [5.41, 5.74) is 0.352. The molecule has 0 bridgehead atoms. The molecule has 3 N–H and O–H groups in total. The Balaban J connectivity index is 3.20. The van der Waals surface area contributed by atoms with Gasteiger partial charge in [0.15, 0.2) is 0 Å². The highest BCUT2D eigenvalue weighted by Crippen LogP contribution is 2.21. The molecule has 1 rings (SSSR count). The highest BCUT2D eigenvalue weighted by atomic mass is 32.2. The van der Waals surface area contributed by atoms with Crippen molar-refractivity contribution in [3.8, 4) is 0 Å². The molecule has 21 heavy (non-hydrogen) atoms. The van der Waals surface area contributed by atoms with Crippen molar-refractivity contribution in [2.24, 2.45) is 5.41 Å². The minimum Gasteiger partial charge on any atom is -0.478 e. The van der Waals surface area contributed by atoms with Crippen molar-refractivity contribution in [1.82, 2.24) is 4.72 Å². The van der Waals surface area contributed by atoms with Crippen LogP contribution in [0.1, 0.15) is 35.3 Å². The molecule has 7 heteroatoms. The van der Waals surface area contributed by atoms with Gasteiger partial charge in [-0.15, -0.1) is 0 Å². The summed E-state index contributed by atoms with van der Waals surface area (Å²) in [6.07, 6.45) is 0. The van der Waals surface area contributed by atoms with Gasteiger partial charge in [-0.2, -0.15) is 0 Å². The second-order valence-electron chi connectivity index (χ2n) is 5.88. The van der Waals surface area contributed by atoms with Gasteiger partial charge in [0.05, 0.1) is 10.5 Å². The number of sulfonamides is 1. The number of aliphatic hydroxyl groups is 1. The number of aliphatic hydroxyl groups excluding tert-OH is 1. The van der Waals surface area contributed by atoms with Crippen LogP contribution in [0.5, 0.6) is 0 Å². The molecule has 0 fully saturated rings. The lowest BCUT2D eigenvalue weighted by molar-refractivity contribution is 0.0696. The zero-order valence-electron chi connectivity index (χ0n) is 12.6. The molecule has 0 aromatic heterocycles. The van der Waals surface area contributed by atoms with Gasteiger partial charge < -0.3 is 10.2 Å². The van der Waals surface area contributed by atoms with Crippen LogP contribution in [0, 0.1) is 19.3 Å². The van der Waals surface area contributed by atoms with Crippen LogP contribution in [-0.2, 0) is 10.0 Å². The molecule has 0 aliphatic carbocycles. The number of aryl methyl sites for hydroxylation is 2. The number of nitrogens with one attached hydrogen (secondary N) is 1. The van der Waals surface area contributed by atoms with Crippen LogP contribution >= 0.6 is 0 Å². The van der Waals surface area contributed by atoms with Crippen LogP contribution in [0.15, 0.2) is 17.0 Å². The van der Waals surface area contributed by atoms with E-state index in [1.165, 1.54) is 12.1 Å². The van der Waals surface area contributed by atoms with Crippen LogP contribution in [0.25, 0.3) is 0 Å². The monoisotopic (exact) mass is 315 g/mol. The Labute approximate surface area is 124 Å². The minimum absolute atomic E-state index is 0.0395. The van der Waals surface area contributed by atoms with Crippen molar-refractivity contribution in [2.45, 2.75) is 32.6 Å². The molecular formula is C14H21NO5S. The van der Waals surface area contributed by atoms with E-state index in [-0.39, 0.29) is 23.6 Å². The summed E-state index contributed by atoms with van der Waals surface area (Å²) in [7, 11) is -3.83. The van der Waals surface area contributed by atoms with Crippen molar-refractivity contribution >= 4 is 16.0 Å². The molecule has 0 spiro atoms. The van der Waals surface area contributed by atoms with E-state index in [0.717, 1.165) is 0 Å². The summed E-state index contributed by atoms with van der Waals surface area (Å²) in [4.78, 5) is 11.1. The van der Waals surface area contributed by atoms with Gasteiger partial charge in [-0.1, -0.05) is 19.9 Å². The van der Waals surface area contributed by atoms with E-state index in [4.69, 9.17) is 10.2 Å². The lowest BCUT2D eigenvalue weighted by atomic mass is 9.96. The number of rotatable bonds is 6. The molecule has 0 aliphatic rings. The molecule has 6 nitrogen and oxygen atoms in total. The molecule has 0 aliphatic heterocycles. The van der Waals surface area contributed by atoms with E-state index in [9.17, 15) is 13.2 Å². The largest absolute Gasteiger partial charge is 0.478 e. The second-order valence-corrected chi connectivity index (χ2v) is 7.62. The molecule has 0 saturated heterocycles. The summed E-state index contributed by atoms with van der Waals surface area (Å²) in [5.74, 6) is -1.17. The van der Waals surface area contributed by atoms with Crippen molar-refractivity contribution in [2.75, 3.05) is 13.2 Å². The Morgan fingerprint density at radius 1 is 1.24 bits per heavy atom. The highest BCUT2D eigenvalue weighted by Gasteiger charge is 2.24. The molecular weight excluding hydrogens is 294 g/mol. The molecule has 0 atom stereocenters. The Kier molecular flexibility index (Phi) is 5.14. The Morgan fingerprint density at radius 3 is 2.29 bits per heavy atom. The van der Waals surface area contributed by atoms with Gasteiger partial charge in [-0.25, -0.2) is 17.9 Å². The van der Waals surface area contributed by atoms with Crippen molar-refractivity contribution in [3.05, 3.63) is 28.8 Å². The molecule has 0 unspecified atom stereocenters. The summed E-state index contributed by atoms with van der Waals surface area (Å²) in [6.45, 7) is 6.57. The van der Waals surface area contributed by atoms with Crippen LogP contribution in [0.2, 0.25) is 0 Å². The van der Waals surface area contributed by atoms with Crippen molar-refractivity contribution < 1.29 is 23.4 Å². The Bertz CT molecular complexity index is 650. The van der Waals surface area contributed by atoms with Gasteiger partial charge in [0, 0.05) is 18.6 Å². The van der Waals surface area contributed by atoms with E-state index >= 15 is 0 Å². The maximum atomic E-state index is 12.3. The first-order valence-electron chi connectivity index (χ1n) is 6.45. The third-order valence-electron chi connectivity index (χ3n) is 3.21. The Morgan fingerprint density at radius 2 is 1.81 bits per heavy atom. The van der Waals surface area contributed by atoms with E-state index in [1.807, 2.05) is 0 Å². The predicted octanol–water partition coefficient (Wildman–Crippen LogP) is 1.30. The SMILES string of the molecule is Cc1cc(C)c(S(=O)(=O)NCC(C)(C)CO)cc1C(=O)O. The molecule has 1 aromatic rings. The predicted molar refractivity (Wildman–Crippen MR) is 78.9 cm³/mol. The standard InChI is InChI=1S/C14H21NO5S/c1-9-5-10(2)12(6-11(9)13(17)18)21(19,20)15-7-14(3,4)8-16/h5-6,15-16H,7-8H2,1-4H3,(H,17,18). The molecule has 0 amide bonds. The number of hydrogen-bond acceptors (Lipinski definition) is 4. The van der Waals surface area contributed by atoms with E-state index in [1.54, 1.807) is 27.7 Å². The molecule has 1 aromatic carbocycles. The fourth-order valence-electron chi connectivity index (χ4n) is 1.78. The van der Waals surface area contributed by atoms with Gasteiger partial charge in [-0.05, 0) is 31.0 Å². The summed E-state index contributed by atoms with van der Waals surface area (Å²) in [5, 5.41) is 18.3. The third-order valence-corrected chi connectivity index (χ3v) is 4.75. The second kappa shape index (κ2) is 6.13. The van der Waals surface area contributed by atoms with E-state index in [2.05, 4.69) is 4.72 Å². The van der Waals surface area contributed by atoms with E-state index < -0.39 is 21.4 Å². The zero-order valence-corrected chi connectivity index (χ0v) is 13.4. The highest BCUT2D eigenvalue weighted by molar-refractivity contribution is 7.89. The molecule has 118 valence electrons. The minimum atomic E-state index is -3.83. The average Bonchev–Trinajstić information content (AvgIpc) is 2.36. The fraction of sp³-hybridized carbons (Fsp3) is 0.500. The number of hydrogen-bond donors (Lipinski definition) is 3. The van der Waals surface area contributed by atoms with Crippen LogP contribution in [0.4, 0.5) is 0 Å². The smallest absolute Gasteiger partial charge is 0.335 e. The first-order valence-corrected chi connectivity index (χ1v) is 7.93. The summed E-state index contributed by atoms with van der Waals surface area (Å²) >= 11 is 0. The molecule has 0 radical (unpaired) electrons. The maximum Gasteiger partial charge on any atom is 0.335 e. The summed E-state index contributed by atoms with van der Waals surface area (Å²) < 4.78 is 27.0. The first kappa shape index (κ1) is 17.6. The van der Waals surface area contributed by atoms with E-state index in [0.29, 0.717) is 11.1 Å². The quantitative estimate of drug-likeness (QED) is 0.734. The molecule has 0 saturated carbocycles. The lowest BCUT2D eigenvalue weighted by Crippen LogP contribution is -2.36. The maximum absolute atomic E-state index is 12.3. The van der Waals surface area contributed by atoms with Gasteiger partial charge >= 0.3 is 5.97 Å². The van der Waals surface area contributed by atoms with Crippen LogP contribution in [-0.4, -0.2) is 37.8 Å². The van der Waals surface area contributed by atoms with Crippen LogP contribution < -0.4 is 4.72 Å². The topological polar surface area (TPSA) is 104 Å². The van der Waals surface area contributed by atoms with Gasteiger partial charge in [0.2, 0.25) is 10.0 Å². The molecule has 0 heterocycles. The third kappa shape index (κ3) is 4.26. The first-order chi connectivity index (χ1) is 9.50. The zero-order chi connectivity index (χ0) is 16.4. The average molecular weight is 315 g/mol. The van der Waals surface area contributed by atoms with Gasteiger partial charge in [0.1, 0.15) is 0 Å². The Hall–Kier alpha value is -1.44. The van der Waals surface area contributed by atoms with Crippen molar-refractivity contribution in [1.29, 1.82) is 0 Å². The summed E-state index contributed by atoms with van der Waals surface area (Å²) in [6, 6.07) is 2.70. The number of carboxylic acids is 1. The number of aromatic carboxylic acids is 1. The lowest BCUT2D eigenvalue weighted by Gasteiger charge is -2.22. The van der Waals surface area contributed by atoms with Gasteiger partial charge in [-0.3, -0.25) is 0 Å². The van der Waals surface area contributed by atoms with Gasteiger partial charge in [0.25, 0.3) is 0 Å². The number of benzene rings is 1. The van der Waals surface area contributed by atoms with Crippen LogP contribution in [0.3, 0.4) is 0 Å². The fourth-order valence-corrected chi connectivity index (χ4v) is 3.27. The number of carbonyl (C=O) groups is 1. The number of carboxylic acid groups (broad SMARTS) is 1. The van der Waals surface area contributed by atoms with Crippen molar-refractivity contribution in [3.63, 3.8) is 0 Å². The normalized spacial score (nSPS) is 12.4.